The van der Waals surface area contributed by atoms with Crippen LogP contribution in [0.2, 0.25) is 0 Å². The van der Waals surface area contributed by atoms with Gasteiger partial charge < -0.3 is 5.32 Å². The molecule has 2 heterocycles. The number of halogens is 1. The number of aliphatic imine (C=N–C) groups is 1. The number of hydrogen-bond acceptors (Lipinski definition) is 3. The highest BCUT2D eigenvalue weighted by atomic mass is 79.9. The van der Waals surface area contributed by atoms with Crippen LogP contribution in [-0.4, -0.2) is 17.3 Å². The molecule has 0 aromatic carbocycles. The largest absolute Gasteiger partial charge is 0.308 e. The van der Waals surface area contributed by atoms with E-state index in [4.69, 9.17) is 0 Å². The maximum Gasteiger partial charge on any atom is 0.252 e. The van der Waals surface area contributed by atoms with Gasteiger partial charge in [-0.1, -0.05) is 0 Å². The smallest absolute Gasteiger partial charge is 0.252 e. The van der Waals surface area contributed by atoms with Gasteiger partial charge in [0.15, 0.2) is 0 Å². The molecule has 1 amide bonds. The van der Waals surface area contributed by atoms with Crippen LogP contribution in [0.5, 0.6) is 0 Å². The van der Waals surface area contributed by atoms with Gasteiger partial charge in [-0.3, -0.25) is 9.79 Å². The average Bonchev–Trinajstić information content (AvgIpc) is 2.58. The van der Waals surface area contributed by atoms with Crippen LogP contribution in [0.1, 0.15) is 18.7 Å². The van der Waals surface area contributed by atoms with Crippen LogP contribution in [0.15, 0.2) is 20.9 Å². The van der Waals surface area contributed by atoms with Crippen molar-refractivity contribution in [2.75, 3.05) is 0 Å². The van der Waals surface area contributed by atoms with Crippen LogP contribution in [0.25, 0.3) is 0 Å². The van der Waals surface area contributed by atoms with Gasteiger partial charge in [-0.25, -0.2) is 0 Å². The van der Waals surface area contributed by atoms with E-state index in [0.717, 1.165) is 8.66 Å². The van der Waals surface area contributed by atoms with Crippen molar-refractivity contribution in [3.8, 4) is 0 Å². The summed E-state index contributed by atoms with van der Waals surface area (Å²) in [5, 5.41) is 2.77. The Bertz CT molecular complexity index is 422. The van der Waals surface area contributed by atoms with Gasteiger partial charge >= 0.3 is 0 Å². The number of nitrogens with zero attached hydrogens (tertiary/aromatic N) is 1. The Morgan fingerprint density at radius 2 is 2.21 bits per heavy atom. The summed E-state index contributed by atoms with van der Waals surface area (Å²) in [7, 11) is 0. The number of rotatable bonds is 1. The fraction of sp³-hybridized carbons (Fsp3) is 0.333. The number of thiophene rings is 1. The highest BCUT2D eigenvalue weighted by molar-refractivity contribution is 9.11. The summed E-state index contributed by atoms with van der Waals surface area (Å²) >= 11 is 4.93. The molecule has 14 heavy (non-hydrogen) atoms. The van der Waals surface area contributed by atoms with Crippen molar-refractivity contribution < 1.29 is 4.79 Å². The maximum absolute atomic E-state index is 11.5. The number of amides is 1. The molecule has 1 aliphatic rings. The van der Waals surface area contributed by atoms with E-state index in [1.807, 2.05) is 12.1 Å². The van der Waals surface area contributed by atoms with Gasteiger partial charge in [0.25, 0.3) is 5.91 Å². The Labute approximate surface area is 94.4 Å². The van der Waals surface area contributed by atoms with Crippen LogP contribution < -0.4 is 5.32 Å². The van der Waals surface area contributed by atoms with Gasteiger partial charge in [-0.05, 0) is 41.9 Å². The van der Waals surface area contributed by atoms with Crippen molar-refractivity contribution >= 4 is 39.0 Å². The predicted octanol–water partition coefficient (Wildman–Crippen LogP) is 2.17. The second kappa shape index (κ2) is 3.17. The molecule has 0 spiro atoms. The van der Waals surface area contributed by atoms with Crippen molar-refractivity contribution in [1.29, 1.82) is 0 Å². The Morgan fingerprint density at radius 1 is 1.50 bits per heavy atom. The quantitative estimate of drug-likeness (QED) is 0.837. The SMILES string of the molecule is CC1(C)N=C(c2ccc(Br)s2)NC1=O. The molecule has 1 aromatic heterocycles. The highest BCUT2D eigenvalue weighted by Crippen LogP contribution is 2.25. The molecular formula is C9H9BrN2OS. The molecule has 0 atom stereocenters. The predicted molar refractivity (Wildman–Crippen MR) is 60.8 cm³/mol. The molecule has 0 unspecified atom stereocenters. The first-order valence-electron chi connectivity index (χ1n) is 4.16. The van der Waals surface area contributed by atoms with E-state index in [1.165, 1.54) is 0 Å². The fourth-order valence-electron chi connectivity index (χ4n) is 1.18. The van der Waals surface area contributed by atoms with Crippen molar-refractivity contribution in [3.05, 3.63) is 20.8 Å². The van der Waals surface area contributed by atoms with Crippen LogP contribution in [0, 0.1) is 0 Å². The highest BCUT2D eigenvalue weighted by Gasteiger charge is 2.34. The zero-order valence-corrected chi connectivity index (χ0v) is 10.2. The Morgan fingerprint density at radius 3 is 2.64 bits per heavy atom. The zero-order valence-electron chi connectivity index (χ0n) is 7.80. The van der Waals surface area contributed by atoms with Crippen molar-refractivity contribution in [2.45, 2.75) is 19.4 Å². The molecular weight excluding hydrogens is 264 g/mol. The third-order valence-electron chi connectivity index (χ3n) is 1.99. The minimum atomic E-state index is -0.633. The van der Waals surface area contributed by atoms with Crippen molar-refractivity contribution in [3.63, 3.8) is 0 Å². The lowest BCUT2D eigenvalue weighted by molar-refractivity contribution is -0.122. The van der Waals surface area contributed by atoms with E-state index >= 15 is 0 Å². The third kappa shape index (κ3) is 1.62. The molecule has 0 fully saturated rings. The molecule has 5 heteroatoms. The summed E-state index contributed by atoms with van der Waals surface area (Å²) in [6, 6.07) is 3.88. The van der Waals surface area contributed by atoms with Crippen molar-refractivity contribution in [2.24, 2.45) is 4.99 Å². The molecule has 3 nitrogen and oxygen atoms in total. The molecule has 0 radical (unpaired) electrons. The Hall–Kier alpha value is -0.680. The third-order valence-corrected chi connectivity index (χ3v) is 3.62. The summed E-state index contributed by atoms with van der Waals surface area (Å²) in [5.41, 5.74) is -0.633. The summed E-state index contributed by atoms with van der Waals surface area (Å²) in [4.78, 5) is 16.8. The maximum atomic E-state index is 11.5. The summed E-state index contributed by atoms with van der Waals surface area (Å²) in [5.74, 6) is 0.632. The van der Waals surface area contributed by atoms with E-state index in [9.17, 15) is 4.79 Å². The summed E-state index contributed by atoms with van der Waals surface area (Å²) < 4.78 is 1.04. The van der Waals surface area contributed by atoms with Gasteiger partial charge in [-0.2, -0.15) is 0 Å². The molecule has 74 valence electrons. The lowest BCUT2D eigenvalue weighted by Crippen LogP contribution is -2.34. The molecule has 1 aromatic rings. The number of nitrogens with one attached hydrogen (secondary N) is 1. The molecule has 0 aliphatic carbocycles. The minimum absolute atomic E-state index is 0.0444. The molecule has 2 rings (SSSR count). The Balaban J connectivity index is 2.35. The van der Waals surface area contributed by atoms with E-state index < -0.39 is 5.54 Å². The van der Waals surface area contributed by atoms with Gasteiger partial charge in [0, 0.05) is 0 Å². The molecule has 0 saturated heterocycles. The Kier molecular flexibility index (Phi) is 2.23. The van der Waals surface area contributed by atoms with Crippen molar-refractivity contribution in [1.82, 2.24) is 5.32 Å². The van der Waals surface area contributed by atoms with Gasteiger partial charge in [0.05, 0.1) is 8.66 Å². The summed E-state index contributed by atoms with van der Waals surface area (Å²) in [6.45, 7) is 3.61. The van der Waals surface area contributed by atoms with Crippen LogP contribution in [-0.2, 0) is 4.79 Å². The molecule has 0 bridgehead atoms. The number of carbonyl (C=O) groups excluding carboxylic acids is 1. The minimum Gasteiger partial charge on any atom is -0.308 e. The first-order valence-corrected chi connectivity index (χ1v) is 5.77. The topological polar surface area (TPSA) is 41.5 Å². The van der Waals surface area contributed by atoms with Crippen LogP contribution in [0.3, 0.4) is 0 Å². The molecule has 0 saturated carbocycles. The zero-order chi connectivity index (χ0) is 10.3. The standard InChI is InChI=1S/C9H9BrN2OS/c1-9(2)8(13)11-7(12-9)5-3-4-6(10)14-5/h3-4H,1-2H3,(H,11,12,13). The molecule has 1 aliphatic heterocycles. The van der Waals surface area contributed by atoms with Gasteiger partial charge in [0.1, 0.15) is 11.4 Å². The van der Waals surface area contributed by atoms with Gasteiger partial charge in [-0.15, -0.1) is 11.3 Å². The first-order chi connectivity index (χ1) is 6.49. The lowest BCUT2D eigenvalue weighted by Gasteiger charge is -2.07. The van der Waals surface area contributed by atoms with E-state index in [1.54, 1.807) is 25.2 Å². The first kappa shape index (κ1) is 9.86. The number of hydrogen-bond donors (Lipinski definition) is 1. The fourth-order valence-corrected chi connectivity index (χ4v) is 2.51. The van der Waals surface area contributed by atoms with E-state index in [-0.39, 0.29) is 5.91 Å². The second-order valence-corrected chi connectivity index (χ2v) is 6.04. The lowest BCUT2D eigenvalue weighted by atomic mass is 10.1. The van der Waals surface area contributed by atoms with Crippen LogP contribution in [0.4, 0.5) is 0 Å². The van der Waals surface area contributed by atoms with Gasteiger partial charge in [0.2, 0.25) is 0 Å². The average molecular weight is 273 g/mol. The normalized spacial score (nSPS) is 19.4. The molecule has 1 N–H and O–H groups in total. The monoisotopic (exact) mass is 272 g/mol. The summed E-state index contributed by atoms with van der Waals surface area (Å²) in [6.07, 6.45) is 0. The van der Waals surface area contributed by atoms with E-state index in [0.29, 0.717) is 5.84 Å². The number of carbonyl (C=O) groups is 1. The number of amidine groups is 1. The van der Waals surface area contributed by atoms with E-state index in [2.05, 4.69) is 26.2 Å². The second-order valence-electron chi connectivity index (χ2n) is 3.58. The van der Waals surface area contributed by atoms with Crippen LogP contribution >= 0.6 is 27.3 Å².